The fraction of sp³-hybridized carbons (Fsp3) is 0.406. The van der Waals surface area contributed by atoms with Crippen LogP contribution in [0, 0.1) is 17.8 Å². The zero-order valence-corrected chi connectivity index (χ0v) is 21.5. The third kappa shape index (κ3) is 3.87. The monoisotopic (exact) mass is 493 g/mol. The highest BCUT2D eigenvalue weighted by atomic mass is 16.5. The van der Waals surface area contributed by atoms with Crippen LogP contribution in [0.15, 0.2) is 72.8 Å². The van der Waals surface area contributed by atoms with Gasteiger partial charge >= 0.3 is 0 Å². The third-order valence-corrected chi connectivity index (χ3v) is 9.50. The van der Waals surface area contributed by atoms with E-state index < -0.39 is 0 Å². The van der Waals surface area contributed by atoms with Crippen molar-refractivity contribution in [2.45, 2.75) is 31.2 Å². The summed E-state index contributed by atoms with van der Waals surface area (Å²) in [5.74, 6) is 3.74. The standard InChI is InChI=1S/C32H35N3O2/c1-37-26-12-10-25(11-13-26)34-15-17-35(18-16-34)32(36)24-9-14-28-27(20-24)29-22-7-8-23(19-22)30(29)31(33-28)21-5-3-2-4-6-21/h2-6,9-14,20,22-23,29-31,33H,7-8,15-19H2,1H3/t22-,23-,29-,30-,31-/m1/s1. The first-order valence-electron chi connectivity index (χ1n) is 13.8. The van der Waals surface area contributed by atoms with Crippen LogP contribution >= 0.6 is 0 Å². The Balaban J connectivity index is 1.11. The summed E-state index contributed by atoms with van der Waals surface area (Å²) in [6, 6.07) is 26.0. The van der Waals surface area contributed by atoms with E-state index in [9.17, 15) is 4.79 Å². The van der Waals surface area contributed by atoms with Crippen LogP contribution in [-0.2, 0) is 0 Å². The predicted molar refractivity (Wildman–Crippen MR) is 147 cm³/mol. The fourth-order valence-electron chi connectivity index (χ4n) is 7.75. The largest absolute Gasteiger partial charge is 0.497 e. The van der Waals surface area contributed by atoms with Crippen molar-refractivity contribution < 1.29 is 9.53 Å². The molecule has 3 aromatic rings. The zero-order chi connectivity index (χ0) is 24.9. The van der Waals surface area contributed by atoms with Crippen LogP contribution in [0.25, 0.3) is 0 Å². The van der Waals surface area contributed by atoms with Gasteiger partial charge in [0.25, 0.3) is 5.91 Å². The molecular formula is C32H35N3O2. The number of nitrogens with one attached hydrogen (secondary N) is 1. The molecule has 0 unspecified atom stereocenters. The van der Waals surface area contributed by atoms with Crippen molar-refractivity contribution in [3.8, 4) is 5.75 Å². The topological polar surface area (TPSA) is 44.8 Å². The highest BCUT2D eigenvalue weighted by molar-refractivity contribution is 5.95. The first kappa shape index (κ1) is 22.7. The molecule has 190 valence electrons. The van der Waals surface area contributed by atoms with E-state index in [1.807, 2.05) is 23.1 Å². The molecule has 5 heteroatoms. The second kappa shape index (κ2) is 9.13. The lowest BCUT2D eigenvalue weighted by molar-refractivity contribution is 0.0746. The molecule has 5 nitrogen and oxygen atoms in total. The van der Waals surface area contributed by atoms with Crippen molar-refractivity contribution in [1.29, 1.82) is 0 Å². The molecule has 2 aliphatic heterocycles. The second-order valence-corrected chi connectivity index (χ2v) is 11.2. The number of ether oxygens (including phenoxy) is 1. The van der Waals surface area contributed by atoms with Gasteiger partial charge in [0.2, 0.25) is 0 Å². The lowest BCUT2D eigenvalue weighted by atomic mass is 9.68. The fourth-order valence-corrected chi connectivity index (χ4v) is 7.75. The van der Waals surface area contributed by atoms with E-state index in [0.29, 0.717) is 17.9 Å². The van der Waals surface area contributed by atoms with Crippen LogP contribution in [0.4, 0.5) is 11.4 Å². The minimum atomic E-state index is 0.169. The van der Waals surface area contributed by atoms with Crippen LogP contribution < -0.4 is 15.0 Å². The third-order valence-electron chi connectivity index (χ3n) is 9.50. The Bertz CT molecular complexity index is 1280. The molecule has 7 rings (SSSR count). The van der Waals surface area contributed by atoms with Gasteiger partial charge in [-0.25, -0.2) is 0 Å². The summed E-state index contributed by atoms with van der Waals surface area (Å²) in [5.41, 5.74) is 6.03. The number of hydrogen-bond donors (Lipinski definition) is 1. The first-order chi connectivity index (χ1) is 18.2. The number of benzene rings is 3. The molecular weight excluding hydrogens is 458 g/mol. The van der Waals surface area contributed by atoms with Gasteiger partial charge in [0, 0.05) is 43.1 Å². The molecule has 0 spiro atoms. The van der Waals surface area contributed by atoms with Crippen LogP contribution in [-0.4, -0.2) is 44.1 Å². The lowest BCUT2D eigenvalue weighted by Crippen LogP contribution is -2.48. The Morgan fingerprint density at radius 1 is 0.892 bits per heavy atom. The van der Waals surface area contributed by atoms with E-state index in [1.54, 1.807) is 7.11 Å². The number of carbonyl (C=O) groups is 1. The normalized spacial score (nSPS) is 27.9. The Morgan fingerprint density at radius 2 is 1.65 bits per heavy atom. The maximum Gasteiger partial charge on any atom is 0.253 e. The molecule has 2 bridgehead atoms. The molecule has 3 fully saturated rings. The highest BCUT2D eigenvalue weighted by Crippen LogP contribution is 2.63. The molecule has 2 aliphatic carbocycles. The number of rotatable bonds is 4. The van der Waals surface area contributed by atoms with Gasteiger partial charge in [-0.3, -0.25) is 4.79 Å². The predicted octanol–water partition coefficient (Wildman–Crippen LogP) is 5.95. The van der Waals surface area contributed by atoms with Gasteiger partial charge in [-0.1, -0.05) is 30.3 Å². The number of anilines is 2. The van der Waals surface area contributed by atoms with E-state index in [0.717, 1.165) is 49.3 Å². The van der Waals surface area contributed by atoms with Gasteiger partial charge in [-0.05, 0) is 96.5 Å². The van der Waals surface area contributed by atoms with E-state index in [4.69, 9.17) is 4.74 Å². The van der Waals surface area contributed by atoms with E-state index in [-0.39, 0.29) is 5.91 Å². The molecule has 4 aliphatic rings. The summed E-state index contributed by atoms with van der Waals surface area (Å²) in [5, 5.41) is 3.91. The number of amides is 1. The molecule has 0 radical (unpaired) electrons. The van der Waals surface area contributed by atoms with Crippen molar-refractivity contribution in [3.05, 3.63) is 89.5 Å². The molecule has 1 amide bonds. The summed E-state index contributed by atoms with van der Waals surface area (Å²) < 4.78 is 5.29. The van der Waals surface area contributed by atoms with Gasteiger partial charge in [-0.15, -0.1) is 0 Å². The molecule has 1 saturated heterocycles. The number of nitrogens with zero attached hydrogens (tertiary/aromatic N) is 2. The number of fused-ring (bicyclic) bond motifs is 7. The van der Waals surface area contributed by atoms with Crippen LogP contribution in [0.5, 0.6) is 5.75 Å². The summed E-state index contributed by atoms with van der Waals surface area (Å²) in [6.07, 6.45) is 4.02. The minimum absolute atomic E-state index is 0.169. The Morgan fingerprint density at radius 3 is 2.41 bits per heavy atom. The summed E-state index contributed by atoms with van der Waals surface area (Å²) in [4.78, 5) is 18.0. The Kier molecular flexibility index (Phi) is 5.60. The highest BCUT2D eigenvalue weighted by Gasteiger charge is 2.53. The van der Waals surface area contributed by atoms with E-state index in [1.165, 1.54) is 41.8 Å². The van der Waals surface area contributed by atoms with Crippen molar-refractivity contribution >= 4 is 17.3 Å². The number of methoxy groups -OCH3 is 1. The van der Waals surface area contributed by atoms with Crippen molar-refractivity contribution in [2.24, 2.45) is 17.8 Å². The molecule has 5 atom stereocenters. The molecule has 2 heterocycles. The molecule has 1 N–H and O–H groups in total. The van der Waals surface area contributed by atoms with Gasteiger partial charge in [0.15, 0.2) is 0 Å². The Hall–Kier alpha value is -3.47. The number of carbonyl (C=O) groups excluding carboxylic acids is 1. The van der Waals surface area contributed by atoms with Crippen molar-refractivity contribution in [1.82, 2.24) is 4.90 Å². The van der Waals surface area contributed by atoms with E-state index in [2.05, 4.69) is 64.8 Å². The molecule has 2 saturated carbocycles. The minimum Gasteiger partial charge on any atom is -0.497 e. The molecule has 37 heavy (non-hydrogen) atoms. The first-order valence-corrected chi connectivity index (χ1v) is 13.8. The number of hydrogen-bond acceptors (Lipinski definition) is 4. The SMILES string of the molecule is COc1ccc(N2CCN(C(=O)c3ccc4c(c3)[C@H]3[C@@H]5CC[C@H](C5)[C@H]3[C@@H](c3ccccc3)N4)CC2)cc1. The maximum absolute atomic E-state index is 13.6. The van der Waals surface area contributed by atoms with Gasteiger partial charge in [0.05, 0.1) is 13.2 Å². The average molecular weight is 494 g/mol. The zero-order valence-electron chi connectivity index (χ0n) is 21.5. The summed E-state index contributed by atoms with van der Waals surface area (Å²) in [7, 11) is 1.69. The quantitative estimate of drug-likeness (QED) is 0.488. The Labute approximate surface area is 219 Å². The second-order valence-electron chi connectivity index (χ2n) is 11.2. The maximum atomic E-state index is 13.6. The van der Waals surface area contributed by atoms with E-state index >= 15 is 0 Å². The van der Waals surface area contributed by atoms with Crippen molar-refractivity contribution in [2.75, 3.05) is 43.5 Å². The molecule has 0 aromatic heterocycles. The van der Waals surface area contributed by atoms with Gasteiger partial charge in [0.1, 0.15) is 5.75 Å². The summed E-state index contributed by atoms with van der Waals surface area (Å²) in [6.45, 7) is 3.18. The van der Waals surface area contributed by atoms with Crippen LogP contribution in [0.1, 0.15) is 52.7 Å². The van der Waals surface area contributed by atoms with Crippen LogP contribution in [0.3, 0.4) is 0 Å². The summed E-state index contributed by atoms with van der Waals surface area (Å²) >= 11 is 0. The average Bonchev–Trinajstić information content (AvgIpc) is 3.60. The van der Waals surface area contributed by atoms with Crippen LogP contribution in [0.2, 0.25) is 0 Å². The van der Waals surface area contributed by atoms with Gasteiger partial charge < -0.3 is 19.9 Å². The van der Waals surface area contributed by atoms with Gasteiger partial charge in [-0.2, -0.15) is 0 Å². The smallest absolute Gasteiger partial charge is 0.253 e. The number of piperazine rings is 1. The van der Waals surface area contributed by atoms with Crippen molar-refractivity contribution in [3.63, 3.8) is 0 Å². The molecule has 3 aromatic carbocycles. The lowest BCUT2D eigenvalue weighted by Gasteiger charge is -2.44.